The molecule has 1 aliphatic heterocycles. The van der Waals surface area contributed by atoms with Gasteiger partial charge in [0.1, 0.15) is 6.04 Å². The molecule has 1 atom stereocenters. The van der Waals surface area contributed by atoms with Crippen molar-refractivity contribution < 1.29 is 18.0 Å². The summed E-state index contributed by atoms with van der Waals surface area (Å²) in [6.45, 7) is 1.15. The van der Waals surface area contributed by atoms with Gasteiger partial charge in [-0.1, -0.05) is 24.3 Å². The van der Waals surface area contributed by atoms with Gasteiger partial charge in [0.05, 0.1) is 0 Å². The normalized spacial score (nSPS) is 16.4. The molecule has 1 unspecified atom stereocenters. The van der Waals surface area contributed by atoms with Crippen LogP contribution < -0.4 is 16.0 Å². The number of para-hydroxylation sites is 1. The van der Waals surface area contributed by atoms with E-state index < -0.39 is 24.7 Å². The van der Waals surface area contributed by atoms with E-state index in [4.69, 9.17) is 0 Å². The number of carbonyl (C=O) groups is 1. The van der Waals surface area contributed by atoms with Gasteiger partial charge in [-0.25, -0.2) is 0 Å². The molecule has 2 aromatic rings. The predicted molar refractivity (Wildman–Crippen MR) is 103 cm³/mol. The molecule has 1 saturated heterocycles. The summed E-state index contributed by atoms with van der Waals surface area (Å²) in [5, 5.41) is 8.64. The molecular weight excluding hydrogens is 369 g/mol. The molecule has 3 rings (SSSR count). The highest BCUT2D eigenvalue weighted by molar-refractivity contribution is 5.95. The fourth-order valence-electron chi connectivity index (χ4n) is 3.16. The molecular formula is C20H23F3N4O. The lowest BCUT2D eigenvalue weighted by Gasteiger charge is -2.35. The zero-order valence-corrected chi connectivity index (χ0v) is 15.3. The van der Waals surface area contributed by atoms with Gasteiger partial charge in [0.2, 0.25) is 0 Å². The van der Waals surface area contributed by atoms with Gasteiger partial charge in [-0.3, -0.25) is 9.69 Å². The van der Waals surface area contributed by atoms with Crippen LogP contribution in [0.5, 0.6) is 0 Å². The Bertz CT molecular complexity index is 777. The van der Waals surface area contributed by atoms with Crippen LogP contribution in [0, 0.1) is 0 Å². The van der Waals surface area contributed by atoms with Crippen LogP contribution >= 0.6 is 0 Å². The first-order valence-corrected chi connectivity index (χ1v) is 9.15. The van der Waals surface area contributed by atoms with Crippen molar-refractivity contribution in [3.05, 3.63) is 60.2 Å². The van der Waals surface area contributed by atoms with Crippen LogP contribution in [0.3, 0.4) is 0 Å². The number of anilines is 2. The summed E-state index contributed by atoms with van der Waals surface area (Å²) in [5.41, 5.74) is 1.85. The molecule has 0 aromatic heterocycles. The minimum atomic E-state index is -4.40. The molecule has 0 bridgehead atoms. The lowest BCUT2D eigenvalue weighted by atomic mass is 10.1. The number of rotatable bonds is 6. The van der Waals surface area contributed by atoms with Gasteiger partial charge >= 0.3 is 6.18 Å². The highest BCUT2D eigenvalue weighted by Gasteiger charge is 2.43. The highest BCUT2D eigenvalue weighted by atomic mass is 19.4. The molecule has 0 radical (unpaired) electrons. The maximum Gasteiger partial charge on any atom is 0.405 e. The number of alkyl halides is 3. The minimum Gasteiger partial charge on any atom is -0.356 e. The Kier molecular flexibility index (Phi) is 6.53. The Morgan fingerprint density at radius 2 is 1.71 bits per heavy atom. The molecule has 28 heavy (non-hydrogen) atoms. The highest BCUT2D eigenvalue weighted by Crippen LogP contribution is 2.25. The molecule has 0 saturated carbocycles. The summed E-state index contributed by atoms with van der Waals surface area (Å²) in [6.07, 6.45) is -4.40. The molecule has 8 heteroatoms. The van der Waals surface area contributed by atoms with Crippen molar-refractivity contribution in [1.82, 2.24) is 15.5 Å². The zero-order chi connectivity index (χ0) is 20.0. The van der Waals surface area contributed by atoms with E-state index in [2.05, 4.69) is 16.0 Å². The molecule has 5 nitrogen and oxygen atoms in total. The van der Waals surface area contributed by atoms with Gasteiger partial charge in [-0.05, 0) is 30.3 Å². The molecule has 150 valence electrons. The van der Waals surface area contributed by atoms with Crippen LogP contribution in [0.2, 0.25) is 0 Å². The van der Waals surface area contributed by atoms with E-state index in [1.165, 1.54) is 4.90 Å². The van der Waals surface area contributed by atoms with Gasteiger partial charge in [0.15, 0.2) is 0 Å². The van der Waals surface area contributed by atoms with Crippen molar-refractivity contribution in [1.29, 1.82) is 0 Å². The minimum absolute atomic E-state index is 0.302. The van der Waals surface area contributed by atoms with Crippen molar-refractivity contribution in [3.63, 3.8) is 0 Å². The van der Waals surface area contributed by atoms with Crippen LogP contribution in [-0.4, -0.2) is 55.7 Å². The summed E-state index contributed by atoms with van der Waals surface area (Å²) in [5.74, 6) is -0.527. The summed E-state index contributed by atoms with van der Waals surface area (Å²) in [4.78, 5) is 13.8. The number of nitrogens with zero attached hydrogens (tertiary/aromatic N) is 1. The monoisotopic (exact) mass is 392 g/mol. The third kappa shape index (κ3) is 5.46. The standard InChI is InChI=1S/C20H23F3N4O/c21-20(22,23)18(27-11-9-24-10-12-27)14-25-19(28)15-5-4-8-17(13-15)26-16-6-2-1-3-7-16/h1-8,13,18,24,26H,9-12,14H2,(H,25,28). The van der Waals surface area contributed by atoms with Gasteiger partial charge in [-0.2, -0.15) is 13.2 Å². The van der Waals surface area contributed by atoms with E-state index in [0.717, 1.165) is 5.69 Å². The predicted octanol–water partition coefficient (Wildman–Crippen LogP) is 3.00. The van der Waals surface area contributed by atoms with Gasteiger partial charge in [-0.15, -0.1) is 0 Å². The first kappa shape index (κ1) is 20.2. The number of benzene rings is 2. The molecule has 1 aliphatic rings. The van der Waals surface area contributed by atoms with Crippen LogP contribution in [0.25, 0.3) is 0 Å². The third-order valence-corrected chi connectivity index (χ3v) is 4.61. The SMILES string of the molecule is O=C(NCC(N1CCNCC1)C(F)(F)F)c1cccc(Nc2ccccc2)c1. The lowest BCUT2D eigenvalue weighted by molar-refractivity contribution is -0.183. The van der Waals surface area contributed by atoms with Gasteiger partial charge < -0.3 is 16.0 Å². The lowest BCUT2D eigenvalue weighted by Crippen LogP contribution is -2.57. The Balaban J connectivity index is 1.64. The molecule has 3 N–H and O–H groups in total. The van der Waals surface area contributed by atoms with Crippen molar-refractivity contribution in [2.75, 3.05) is 38.0 Å². The number of carbonyl (C=O) groups excluding carboxylic acids is 1. The maximum absolute atomic E-state index is 13.4. The summed E-state index contributed by atoms with van der Waals surface area (Å²) in [7, 11) is 0. The molecule has 1 heterocycles. The number of nitrogens with one attached hydrogen (secondary N) is 3. The first-order valence-electron chi connectivity index (χ1n) is 9.15. The molecule has 0 spiro atoms. The van der Waals surface area contributed by atoms with Gasteiger partial charge in [0.25, 0.3) is 5.91 Å². The third-order valence-electron chi connectivity index (χ3n) is 4.61. The second-order valence-corrected chi connectivity index (χ2v) is 6.63. The van der Waals surface area contributed by atoms with E-state index in [1.807, 2.05) is 30.3 Å². The van der Waals surface area contributed by atoms with Crippen LogP contribution in [0.1, 0.15) is 10.4 Å². The second-order valence-electron chi connectivity index (χ2n) is 6.63. The quantitative estimate of drug-likeness (QED) is 0.708. The zero-order valence-electron chi connectivity index (χ0n) is 15.3. The van der Waals surface area contributed by atoms with Gasteiger partial charge in [0, 0.05) is 49.7 Å². The molecule has 0 aliphatic carbocycles. The number of hydrogen-bond donors (Lipinski definition) is 3. The smallest absolute Gasteiger partial charge is 0.356 e. The first-order chi connectivity index (χ1) is 13.4. The fraction of sp³-hybridized carbons (Fsp3) is 0.350. The topological polar surface area (TPSA) is 56.4 Å². The second kappa shape index (κ2) is 9.07. The van der Waals surface area contributed by atoms with Crippen LogP contribution in [0.4, 0.5) is 24.5 Å². The molecule has 1 amide bonds. The summed E-state index contributed by atoms with van der Waals surface area (Å²) in [6, 6.07) is 14.4. The summed E-state index contributed by atoms with van der Waals surface area (Å²) >= 11 is 0. The van der Waals surface area contributed by atoms with E-state index in [0.29, 0.717) is 37.4 Å². The van der Waals surface area contributed by atoms with Crippen molar-refractivity contribution in [2.24, 2.45) is 0 Å². The van der Waals surface area contributed by atoms with E-state index >= 15 is 0 Å². The van der Waals surface area contributed by atoms with E-state index in [1.54, 1.807) is 24.3 Å². The van der Waals surface area contributed by atoms with Crippen molar-refractivity contribution in [2.45, 2.75) is 12.2 Å². The Labute approximate surface area is 161 Å². The molecule has 1 fully saturated rings. The number of piperazine rings is 1. The summed E-state index contributed by atoms with van der Waals surface area (Å²) < 4.78 is 40.3. The maximum atomic E-state index is 13.4. The number of halogens is 3. The van der Waals surface area contributed by atoms with Crippen molar-refractivity contribution in [3.8, 4) is 0 Å². The largest absolute Gasteiger partial charge is 0.405 e. The van der Waals surface area contributed by atoms with E-state index in [-0.39, 0.29) is 0 Å². The fourth-order valence-corrected chi connectivity index (χ4v) is 3.16. The van der Waals surface area contributed by atoms with E-state index in [9.17, 15) is 18.0 Å². The average Bonchev–Trinajstić information content (AvgIpc) is 2.69. The van der Waals surface area contributed by atoms with Crippen molar-refractivity contribution >= 4 is 17.3 Å². The Morgan fingerprint density at radius 1 is 1.04 bits per heavy atom. The van der Waals surface area contributed by atoms with Crippen LogP contribution in [0.15, 0.2) is 54.6 Å². The Hall–Kier alpha value is -2.58. The Morgan fingerprint density at radius 3 is 2.39 bits per heavy atom. The molecule has 2 aromatic carbocycles. The van der Waals surface area contributed by atoms with Crippen LogP contribution in [-0.2, 0) is 0 Å². The average molecular weight is 392 g/mol. The number of amides is 1. The number of hydrogen-bond acceptors (Lipinski definition) is 4.